The van der Waals surface area contributed by atoms with E-state index < -0.39 is 0 Å². The van der Waals surface area contributed by atoms with Gasteiger partial charge in [0, 0.05) is 25.5 Å². The van der Waals surface area contributed by atoms with Crippen molar-refractivity contribution in [3.63, 3.8) is 0 Å². The molecular formula is C17H21N5O2. The van der Waals surface area contributed by atoms with Gasteiger partial charge in [-0.15, -0.1) is 0 Å². The van der Waals surface area contributed by atoms with Gasteiger partial charge >= 0.3 is 5.69 Å². The molecule has 0 amide bonds. The Balaban J connectivity index is 2.14. The second-order valence-corrected chi connectivity index (χ2v) is 6.46. The first-order valence-corrected chi connectivity index (χ1v) is 7.88. The lowest BCUT2D eigenvalue weighted by atomic mass is 10.2. The van der Waals surface area contributed by atoms with Gasteiger partial charge in [0.15, 0.2) is 5.65 Å². The van der Waals surface area contributed by atoms with E-state index in [4.69, 9.17) is 5.73 Å². The third-order valence-corrected chi connectivity index (χ3v) is 3.89. The van der Waals surface area contributed by atoms with Crippen LogP contribution in [-0.2, 0) is 20.1 Å². The van der Waals surface area contributed by atoms with Gasteiger partial charge < -0.3 is 5.73 Å². The number of nitrogens with zero attached hydrogens (tertiary/aromatic N) is 4. The van der Waals surface area contributed by atoms with Gasteiger partial charge in [0.1, 0.15) is 5.39 Å². The molecule has 0 aliphatic rings. The zero-order valence-corrected chi connectivity index (χ0v) is 14.1. The van der Waals surface area contributed by atoms with Crippen LogP contribution in [0.5, 0.6) is 0 Å². The summed E-state index contributed by atoms with van der Waals surface area (Å²) < 4.78 is 4.38. The average Bonchev–Trinajstić information content (AvgIpc) is 2.93. The van der Waals surface area contributed by atoms with E-state index in [9.17, 15) is 9.59 Å². The molecule has 0 saturated carbocycles. The van der Waals surface area contributed by atoms with Gasteiger partial charge in [-0.05, 0) is 23.6 Å². The van der Waals surface area contributed by atoms with Crippen molar-refractivity contribution >= 4 is 16.7 Å². The third kappa shape index (κ3) is 2.84. The summed E-state index contributed by atoms with van der Waals surface area (Å²) in [4.78, 5) is 24.8. The highest BCUT2D eigenvalue weighted by Gasteiger charge is 2.15. The van der Waals surface area contributed by atoms with E-state index in [0.29, 0.717) is 29.8 Å². The molecule has 1 aromatic carbocycles. The minimum Gasteiger partial charge on any atom is -0.399 e. The van der Waals surface area contributed by atoms with Gasteiger partial charge in [0.2, 0.25) is 0 Å². The van der Waals surface area contributed by atoms with Crippen LogP contribution in [0.1, 0.15) is 19.4 Å². The van der Waals surface area contributed by atoms with E-state index in [1.165, 1.54) is 7.05 Å². The highest BCUT2D eigenvalue weighted by molar-refractivity contribution is 5.73. The number of nitrogen functional groups attached to an aromatic ring is 1. The van der Waals surface area contributed by atoms with Crippen molar-refractivity contribution in [2.75, 3.05) is 5.73 Å². The van der Waals surface area contributed by atoms with E-state index in [1.54, 1.807) is 15.4 Å². The van der Waals surface area contributed by atoms with Crippen molar-refractivity contribution in [3.8, 4) is 0 Å². The molecule has 0 unspecified atom stereocenters. The highest BCUT2D eigenvalue weighted by atomic mass is 16.2. The van der Waals surface area contributed by atoms with Gasteiger partial charge in [-0.2, -0.15) is 5.10 Å². The van der Waals surface area contributed by atoms with E-state index in [0.717, 1.165) is 10.1 Å². The SMILES string of the molecule is CC(C)Cn1c(=O)n(C)c(=O)c2cn(Cc3cccc(N)c3)nc21. The van der Waals surface area contributed by atoms with E-state index in [-0.39, 0.29) is 17.2 Å². The lowest BCUT2D eigenvalue weighted by Crippen LogP contribution is -2.38. The van der Waals surface area contributed by atoms with Crippen molar-refractivity contribution in [1.82, 2.24) is 18.9 Å². The second-order valence-electron chi connectivity index (χ2n) is 6.46. The van der Waals surface area contributed by atoms with Crippen LogP contribution in [0, 0.1) is 5.92 Å². The van der Waals surface area contributed by atoms with Gasteiger partial charge in [0.05, 0.1) is 6.54 Å². The Labute approximate surface area is 138 Å². The first-order chi connectivity index (χ1) is 11.4. The summed E-state index contributed by atoms with van der Waals surface area (Å²) in [5.41, 5.74) is 7.23. The summed E-state index contributed by atoms with van der Waals surface area (Å²) in [6, 6.07) is 7.51. The number of nitrogens with two attached hydrogens (primary N) is 1. The molecule has 3 rings (SSSR count). The fourth-order valence-corrected chi connectivity index (χ4v) is 2.79. The number of anilines is 1. The van der Waals surface area contributed by atoms with E-state index in [1.807, 2.05) is 38.1 Å². The Morgan fingerprint density at radius 1 is 1.25 bits per heavy atom. The maximum Gasteiger partial charge on any atom is 0.332 e. The molecule has 0 saturated heterocycles. The number of rotatable bonds is 4. The summed E-state index contributed by atoms with van der Waals surface area (Å²) in [5.74, 6) is 0.266. The van der Waals surface area contributed by atoms with Crippen LogP contribution in [0.15, 0.2) is 40.1 Å². The Kier molecular flexibility index (Phi) is 4.01. The average molecular weight is 327 g/mol. The molecule has 7 nitrogen and oxygen atoms in total. The lowest BCUT2D eigenvalue weighted by Gasteiger charge is -2.10. The summed E-state index contributed by atoms with van der Waals surface area (Å²) in [6.45, 7) is 5.04. The minimum atomic E-state index is -0.338. The maximum atomic E-state index is 12.4. The molecule has 2 aromatic heterocycles. The van der Waals surface area contributed by atoms with Gasteiger partial charge in [-0.3, -0.25) is 18.6 Å². The topological polar surface area (TPSA) is 87.8 Å². The molecule has 0 fully saturated rings. The Bertz CT molecular complexity index is 1010. The Morgan fingerprint density at radius 3 is 2.67 bits per heavy atom. The smallest absolute Gasteiger partial charge is 0.332 e. The van der Waals surface area contributed by atoms with E-state index >= 15 is 0 Å². The highest BCUT2D eigenvalue weighted by Crippen LogP contribution is 2.12. The molecule has 2 N–H and O–H groups in total. The van der Waals surface area contributed by atoms with Crippen LogP contribution in [0.25, 0.3) is 11.0 Å². The Morgan fingerprint density at radius 2 is 2.00 bits per heavy atom. The summed E-state index contributed by atoms with van der Waals surface area (Å²) in [7, 11) is 1.50. The van der Waals surface area contributed by atoms with Gasteiger partial charge in [0.25, 0.3) is 5.56 Å². The second kappa shape index (κ2) is 5.99. The standard InChI is InChI=1S/C17H21N5O2/c1-11(2)8-22-15-14(16(23)20(3)17(22)24)10-21(19-15)9-12-5-4-6-13(18)7-12/h4-7,10-11H,8-9,18H2,1-3H3. The molecule has 24 heavy (non-hydrogen) atoms. The third-order valence-electron chi connectivity index (χ3n) is 3.89. The first-order valence-electron chi connectivity index (χ1n) is 7.88. The number of aromatic nitrogens is 4. The molecule has 0 aliphatic carbocycles. The molecule has 3 aromatic rings. The molecule has 7 heteroatoms. The molecule has 0 spiro atoms. The van der Waals surface area contributed by atoms with Gasteiger partial charge in [-0.1, -0.05) is 26.0 Å². The predicted octanol–water partition coefficient (Wildman–Crippen LogP) is 1.18. The molecular weight excluding hydrogens is 306 g/mol. The molecule has 2 heterocycles. The summed E-state index contributed by atoms with van der Waals surface area (Å²) in [5, 5.41) is 4.92. The van der Waals surface area contributed by atoms with Crippen LogP contribution in [0.4, 0.5) is 5.69 Å². The zero-order chi connectivity index (χ0) is 17.4. The zero-order valence-electron chi connectivity index (χ0n) is 14.1. The van der Waals surface area contributed by atoms with Crippen LogP contribution in [0.3, 0.4) is 0 Å². The predicted molar refractivity (Wildman–Crippen MR) is 94.0 cm³/mol. The number of hydrogen-bond acceptors (Lipinski definition) is 4. The summed E-state index contributed by atoms with van der Waals surface area (Å²) in [6.07, 6.45) is 1.69. The lowest BCUT2D eigenvalue weighted by molar-refractivity contribution is 0.498. The number of fused-ring (bicyclic) bond motifs is 1. The monoisotopic (exact) mass is 327 g/mol. The van der Waals surface area contributed by atoms with Crippen LogP contribution in [-0.4, -0.2) is 18.9 Å². The van der Waals surface area contributed by atoms with Gasteiger partial charge in [-0.25, -0.2) is 4.79 Å². The molecule has 126 valence electrons. The quantitative estimate of drug-likeness (QED) is 0.729. The minimum absolute atomic E-state index is 0.266. The number of hydrogen-bond donors (Lipinski definition) is 1. The van der Waals surface area contributed by atoms with Crippen LogP contribution < -0.4 is 17.0 Å². The first kappa shape index (κ1) is 16.0. The Hall–Kier alpha value is -2.83. The largest absolute Gasteiger partial charge is 0.399 e. The molecule has 0 bridgehead atoms. The van der Waals surface area contributed by atoms with Crippen molar-refractivity contribution in [2.45, 2.75) is 26.9 Å². The normalized spacial score (nSPS) is 11.5. The fraction of sp³-hybridized carbons (Fsp3) is 0.353. The van der Waals surface area contributed by atoms with Crippen molar-refractivity contribution in [2.24, 2.45) is 13.0 Å². The molecule has 0 aliphatic heterocycles. The van der Waals surface area contributed by atoms with E-state index in [2.05, 4.69) is 5.10 Å². The molecule has 0 radical (unpaired) electrons. The maximum absolute atomic E-state index is 12.4. The van der Waals surface area contributed by atoms with Crippen LogP contribution in [0.2, 0.25) is 0 Å². The number of benzene rings is 1. The fourth-order valence-electron chi connectivity index (χ4n) is 2.79. The summed E-state index contributed by atoms with van der Waals surface area (Å²) >= 11 is 0. The molecule has 0 atom stereocenters. The van der Waals surface area contributed by atoms with Crippen molar-refractivity contribution in [1.29, 1.82) is 0 Å². The van der Waals surface area contributed by atoms with Crippen molar-refractivity contribution < 1.29 is 0 Å². The van der Waals surface area contributed by atoms with Crippen molar-refractivity contribution in [3.05, 3.63) is 56.9 Å². The van der Waals surface area contributed by atoms with Crippen LogP contribution >= 0.6 is 0 Å².